The van der Waals surface area contributed by atoms with E-state index in [-0.39, 0.29) is 18.2 Å². The van der Waals surface area contributed by atoms with Crippen molar-refractivity contribution in [2.24, 2.45) is 0 Å². The van der Waals surface area contributed by atoms with Gasteiger partial charge in [-0.15, -0.1) is 0 Å². The van der Waals surface area contributed by atoms with Crippen LogP contribution in [0.4, 0.5) is 11.7 Å². The van der Waals surface area contributed by atoms with Crippen molar-refractivity contribution in [3.8, 4) is 11.5 Å². The van der Waals surface area contributed by atoms with Gasteiger partial charge in [-0.05, 0) is 62.1 Å². The number of fused-ring (bicyclic) bond motifs is 2. The van der Waals surface area contributed by atoms with Gasteiger partial charge in [0.1, 0.15) is 5.52 Å². The molecule has 1 aliphatic carbocycles. The zero-order valence-electron chi connectivity index (χ0n) is 15.2. The summed E-state index contributed by atoms with van der Waals surface area (Å²) < 4.78 is 16.6. The van der Waals surface area contributed by atoms with Crippen LogP contribution in [0.3, 0.4) is 0 Å². The van der Waals surface area contributed by atoms with E-state index in [9.17, 15) is 4.79 Å². The molecule has 0 bridgehead atoms. The number of benzene rings is 2. The molecular weight excluding hydrogens is 358 g/mol. The van der Waals surface area contributed by atoms with Crippen molar-refractivity contribution in [2.45, 2.75) is 31.2 Å². The minimum Gasteiger partial charge on any atom is -0.454 e. The van der Waals surface area contributed by atoms with Crippen molar-refractivity contribution in [2.75, 3.05) is 23.6 Å². The quantitative estimate of drug-likeness (QED) is 0.745. The molecular formula is C21H19N3O4. The van der Waals surface area contributed by atoms with E-state index in [0.29, 0.717) is 28.8 Å². The Balaban J connectivity index is 1.24. The molecule has 7 nitrogen and oxygen atoms in total. The van der Waals surface area contributed by atoms with Crippen molar-refractivity contribution >= 4 is 28.7 Å². The number of carbonyl (C=O) groups excluding carboxylic acids is 1. The van der Waals surface area contributed by atoms with Gasteiger partial charge in [-0.2, -0.15) is 4.98 Å². The SMILES string of the molecule is O=C(Nc1ccc2oc(N3CCC34CCC4)nc2c1)c1ccc2c(c1)OCO2. The van der Waals surface area contributed by atoms with E-state index in [1.54, 1.807) is 18.2 Å². The Kier molecular flexibility index (Phi) is 3.18. The third-order valence-corrected chi connectivity index (χ3v) is 6.16. The van der Waals surface area contributed by atoms with E-state index in [0.717, 1.165) is 17.6 Å². The third kappa shape index (κ3) is 2.28. The van der Waals surface area contributed by atoms with Gasteiger partial charge in [-0.25, -0.2) is 0 Å². The monoisotopic (exact) mass is 377 g/mol. The zero-order chi connectivity index (χ0) is 18.7. The first kappa shape index (κ1) is 15.8. The maximum atomic E-state index is 12.6. The molecule has 0 atom stereocenters. The summed E-state index contributed by atoms with van der Waals surface area (Å²) in [6.07, 6.45) is 4.96. The molecule has 1 spiro atoms. The van der Waals surface area contributed by atoms with Crippen molar-refractivity contribution in [3.05, 3.63) is 42.0 Å². The van der Waals surface area contributed by atoms with Crippen molar-refractivity contribution in [3.63, 3.8) is 0 Å². The van der Waals surface area contributed by atoms with Crippen LogP contribution in [0.25, 0.3) is 11.1 Å². The second kappa shape index (κ2) is 5.64. The Morgan fingerprint density at radius 1 is 1.07 bits per heavy atom. The Bertz CT molecular complexity index is 1100. The fourth-order valence-corrected chi connectivity index (χ4v) is 4.29. The topological polar surface area (TPSA) is 76.8 Å². The fraction of sp³-hybridized carbons (Fsp3) is 0.333. The third-order valence-electron chi connectivity index (χ3n) is 6.16. The second-order valence-electron chi connectivity index (χ2n) is 7.68. The lowest BCUT2D eigenvalue weighted by Crippen LogP contribution is -2.64. The minimum absolute atomic E-state index is 0.184. The molecule has 1 saturated carbocycles. The summed E-state index contributed by atoms with van der Waals surface area (Å²) in [7, 11) is 0. The number of aromatic nitrogens is 1. The van der Waals surface area contributed by atoms with E-state index in [1.165, 1.54) is 25.7 Å². The smallest absolute Gasteiger partial charge is 0.298 e. The summed E-state index contributed by atoms with van der Waals surface area (Å²) in [5.74, 6) is 1.03. The van der Waals surface area contributed by atoms with Crippen LogP contribution in [0.15, 0.2) is 40.8 Å². The molecule has 28 heavy (non-hydrogen) atoms. The molecule has 1 aromatic heterocycles. The molecule has 142 valence electrons. The highest BCUT2D eigenvalue weighted by Gasteiger charge is 2.50. The summed E-state index contributed by atoms with van der Waals surface area (Å²) in [5, 5.41) is 2.92. The number of carbonyl (C=O) groups is 1. The van der Waals surface area contributed by atoms with Gasteiger partial charge in [0.15, 0.2) is 17.1 Å². The molecule has 3 heterocycles. The average molecular weight is 377 g/mol. The number of oxazole rings is 1. The Morgan fingerprint density at radius 3 is 2.75 bits per heavy atom. The first-order valence-electron chi connectivity index (χ1n) is 9.60. The summed E-state index contributed by atoms with van der Waals surface area (Å²) in [6.45, 7) is 1.18. The molecule has 2 aromatic carbocycles. The molecule has 1 saturated heterocycles. The Morgan fingerprint density at radius 2 is 1.96 bits per heavy atom. The number of nitrogens with zero attached hydrogens (tertiary/aromatic N) is 2. The number of anilines is 2. The van der Waals surface area contributed by atoms with Gasteiger partial charge < -0.3 is 24.1 Å². The van der Waals surface area contributed by atoms with Gasteiger partial charge in [0.05, 0.1) is 0 Å². The number of amides is 1. The van der Waals surface area contributed by atoms with Crippen LogP contribution >= 0.6 is 0 Å². The molecule has 2 fully saturated rings. The number of hydrogen-bond donors (Lipinski definition) is 1. The number of nitrogens with one attached hydrogen (secondary N) is 1. The molecule has 0 unspecified atom stereocenters. The highest BCUT2D eigenvalue weighted by atomic mass is 16.7. The minimum atomic E-state index is -0.211. The van der Waals surface area contributed by atoms with Gasteiger partial charge in [-0.1, -0.05) is 0 Å². The summed E-state index contributed by atoms with van der Waals surface area (Å²) >= 11 is 0. The summed E-state index contributed by atoms with van der Waals surface area (Å²) in [5.41, 5.74) is 2.96. The molecule has 3 aromatic rings. The largest absolute Gasteiger partial charge is 0.454 e. The van der Waals surface area contributed by atoms with Crippen molar-refractivity contribution < 1.29 is 18.7 Å². The van der Waals surface area contributed by atoms with Gasteiger partial charge in [-0.3, -0.25) is 4.79 Å². The fourth-order valence-electron chi connectivity index (χ4n) is 4.29. The maximum Gasteiger partial charge on any atom is 0.298 e. The molecule has 6 rings (SSSR count). The average Bonchev–Trinajstić information content (AvgIpc) is 3.24. The highest BCUT2D eigenvalue weighted by Crippen LogP contribution is 2.49. The van der Waals surface area contributed by atoms with Crippen LogP contribution in [0, 0.1) is 0 Å². The van der Waals surface area contributed by atoms with Crippen LogP contribution in [0.1, 0.15) is 36.0 Å². The summed E-state index contributed by atoms with van der Waals surface area (Å²) in [4.78, 5) is 19.6. The lowest BCUT2D eigenvalue weighted by Gasteiger charge is -2.57. The Hall–Kier alpha value is -3.22. The van der Waals surface area contributed by atoms with Crippen molar-refractivity contribution in [1.82, 2.24) is 4.98 Å². The van der Waals surface area contributed by atoms with E-state index in [2.05, 4.69) is 15.2 Å². The predicted octanol–water partition coefficient (Wildman–Crippen LogP) is 3.94. The van der Waals surface area contributed by atoms with Crippen LogP contribution in [-0.4, -0.2) is 29.8 Å². The molecule has 1 N–H and O–H groups in total. The standard InChI is InChI=1S/C21H19N3O4/c25-19(13-2-4-17-18(10-13)27-12-26-17)22-14-3-5-16-15(11-14)23-20(28-16)24-9-8-21(24)6-1-7-21/h2-5,10-11H,1,6-9,12H2,(H,22,25). The van der Waals surface area contributed by atoms with Gasteiger partial charge in [0, 0.05) is 23.3 Å². The molecule has 2 aliphatic heterocycles. The molecule has 1 amide bonds. The summed E-state index contributed by atoms with van der Waals surface area (Å²) in [6, 6.07) is 11.4. The van der Waals surface area contributed by atoms with Gasteiger partial charge in [0.2, 0.25) is 6.79 Å². The normalized spacial score (nSPS) is 18.8. The zero-order valence-corrected chi connectivity index (χ0v) is 15.2. The van der Waals surface area contributed by atoms with Crippen LogP contribution < -0.4 is 19.7 Å². The van der Waals surface area contributed by atoms with Gasteiger partial charge >= 0.3 is 0 Å². The molecule has 7 heteroatoms. The molecule has 0 radical (unpaired) electrons. The van der Waals surface area contributed by atoms with E-state index in [4.69, 9.17) is 13.9 Å². The van der Waals surface area contributed by atoms with Crippen LogP contribution in [0.5, 0.6) is 11.5 Å². The number of hydrogen-bond acceptors (Lipinski definition) is 6. The van der Waals surface area contributed by atoms with E-state index < -0.39 is 0 Å². The first-order valence-corrected chi connectivity index (χ1v) is 9.60. The highest BCUT2D eigenvalue weighted by molar-refractivity contribution is 6.05. The Labute approximate surface area is 161 Å². The van der Waals surface area contributed by atoms with Crippen molar-refractivity contribution in [1.29, 1.82) is 0 Å². The first-order chi connectivity index (χ1) is 13.7. The lowest BCUT2D eigenvalue weighted by atomic mass is 9.68. The van der Waals surface area contributed by atoms with Crippen LogP contribution in [-0.2, 0) is 0 Å². The molecule has 3 aliphatic rings. The second-order valence-corrected chi connectivity index (χ2v) is 7.68. The van der Waals surface area contributed by atoms with Crippen LogP contribution in [0.2, 0.25) is 0 Å². The number of ether oxygens (including phenoxy) is 2. The number of rotatable bonds is 3. The maximum absolute atomic E-state index is 12.6. The predicted molar refractivity (Wildman–Crippen MR) is 103 cm³/mol. The van der Waals surface area contributed by atoms with Gasteiger partial charge in [0.25, 0.3) is 11.9 Å². The van der Waals surface area contributed by atoms with E-state index in [1.807, 2.05) is 18.2 Å². The lowest BCUT2D eigenvalue weighted by molar-refractivity contribution is 0.102. The van der Waals surface area contributed by atoms with E-state index >= 15 is 0 Å².